The molecular weight excluding hydrogens is 434 g/mol. The minimum atomic E-state index is -0.0922. The third kappa shape index (κ3) is 6.51. The minimum absolute atomic E-state index is 0.0817. The van der Waals surface area contributed by atoms with E-state index in [1.165, 1.54) is 33.1 Å². The number of carbonyl (C=O) groups is 1. The maximum absolute atomic E-state index is 12.4. The van der Waals surface area contributed by atoms with Gasteiger partial charge >= 0.3 is 0 Å². The molecule has 1 unspecified atom stereocenters. The van der Waals surface area contributed by atoms with Crippen LogP contribution in [0.5, 0.6) is 5.75 Å². The van der Waals surface area contributed by atoms with Gasteiger partial charge in [0.15, 0.2) is 5.82 Å². The lowest BCUT2D eigenvalue weighted by molar-refractivity contribution is -0.119. The summed E-state index contributed by atoms with van der Waals surface area (Å²) in [5, 5.41) is 11.7. The monoisotopic (exact) mass is 467 g/mol. The number of rotatable bonds is 8. The van der Waals surface area contributed by atoms with Crippen molar-refractivity contribution < 1.29 is 9.53 Å². The van der Waals surface area contributed by atoms with E-state index in [-0.39, 0.29) is 29.7 Å². The summed E-state index contributed by atoms with van der Waals surface area (Å²) in [6.07, 6.45) is 0. The largest absolute Gasteiger partial charge is 0.486 e. The zero-order valence-corrected chi connectivity index (χ0v) is 21.0. The molecule has 1 atom stereocenters. The van der Waals surface area contributed by atoms with Gasteiger partial charge in [0.2, 0.25) is 11.1 Å². The van der Waals surface area contributed by atoms with Crippen LogP contribution in [0.15, 0.2) is 47.6 Å². The quantitative estimate of drug-likeness (QED) is 0.375. The van der Waals surface area contributed by atoms with E-state index in [9.17, 15) is 4.79 Å². The number of aromatic nitrogens is 3. The number of benzene rings is 2. The molecule has 1 heterocycles. The molecule has 0 radical (unpaired) electrons. The SMILES string of the molecule is Cc1ccc(C(C)NC(=O)CSc2nnc(COc3ccc(C(C)(C)C)cc3)n2N)cc1C. The predicted molar refractivity (Wildman–Crippen MR) is 133 cm³/mol. The second kappa shape index (κ2) is 10.3. The zero-order chi connectivity index (χ0) is 24.2. The van der Waals surface area contributed by atoms with Crippen LogP contribution in [0.3, 0.4) is 0 Å². The first-order valence-electron chi connectivity index (χ1n) is 11.0. The van der Waals surface area contributed by atoms with Crippen LogP contribution in [0.25, 0.3) is 0 Å². The number of nitrogens with zero attached hydrogens (tertiary/aromatic N) is 3. The molecule has 0 bridgehead atoms. The van der Waals surface area contributed by atoms with Gasteiger partial charge in [0, 0.05) is 0 Å². The van der Waals surface area contributed by atoms with Gasteiger partial charge in [-0.2, -0.15) is 0 Å². The summed E-state index contributed by atoms with van der Waals surface area (Å²) < 4.78 is 7.18. The van der Waals surface area contributed by atoms with Gasteiger partial charge in [-0.3, -0.25) is 4.79 Å². The predicted octanol–water partition coefficient (Wildman–Crippen LogP) is 4.45. The molecule has 0 aliphatic heterocycles. The van der Waals surface area contributed by atoms with Crippen LogP contribution >= 0.6 is 11.8 Å². The summed E-state index contributed by atoms with van der Waals surface area (Å²) in [4.78, 5) is 12.4. The van der Waals surface area contributed by atoms with Crippen LogP contribution in [-0.2, 0) is 16.8 Å². The van der Waals surface area contributed by atoms with Crippen LogP contribution in [0.4, 0.5) is 0 Å². The van der Waals surface area contributed by atoms with E-state index in [4.69, 9.17) is 10.6 Å². The molecule has 0 aliphatic carbocycles. The van der Waals surface area contributed by atoms with Crippen molar-refractivity contribution >= 4 is 17.7 Å². The molecule has 0 saturated carbocycles. The van der Waals surface area contributed by atoms with Crippen molar-refractivity contribution in [3.05, 3.63) is 70.5 Å². The summed E-state index contributed by atoms with van der Waals surface area (Å²) in [5.74, 6) is 7.44. The fourth-order valence-corrected chi connectivity index (χ4v) is 3.92. The van der Waals surface area contributed by atoms with Crippen LogP contribution < -0.4 is 15.9 Å². The Hall–Kier alpha value is -3.00. The fourth-order valence-electron chi connectivity index (χ4n) is 3.23. The van der Waals surface area contributed by atoms with E-state index in [2.05, 4.69) is 74.4 Å². The second-order valence-corrected chi connectivity index (χ2v) is 10.2. The lowest BCUT2D eigenvalue weighted by Gasteiger charge is -2.19. The van der Waals surface area contributed by atoms with Crippen molar-refractivity contribution in [2.24, 2.45) is 0 Å². The van der Waals surface area contributed by atoms with Crippen molar-refractivity contribution in [3.8, 4) is 5.75 Å². The molecule has 3 N–H and O–H groups in total. The summed E-state index contributed by atoms with van der Waals surface area (Å²) in [5.41, 5.74) is 4.84. The highest BCUT2D eigenvalue weighted by atomic mass is 32.2. The Balaban J connectivity index is 1.51. The van der Waals surface area contributed by atoms with E-state index in [0.29, 0.717) is 11.0 Å². The molecule has 7 nitrogen and oxygen atoms in total. The van der Waals surface area contributed by atoms with Gasteiger partial charge in [-0.05, 0) is 60.6 Å². The number of nitrogens with two attached hydrogens (primary N) is 1. The van der Waals surface area contributed by atoms with Crippen molar-refractivity contribution in [3.63, 3.8) is 0 Å². The van der Waals surface area contributed by atoms with Crippen LogP contribution in [0.2, 0.25) is 0 Å². The summed E-state index contributed by atoms with van der Waals surface area (Å²) >= 11 is 1.24. The molecule has 1 amide bonds. The first-order valence-corrected chi connectivity index (χ1v) is 11.9. The summed E-state index contributed by atoms with van der Waals surface area (Å²) in [6, 6.07) is 14.1. The van der Waals surface area contributed by atoms with Gasteiger partial charge in [-0.25, -0.2) is 4.68 Å². The Morgan fingerprint density at radius 2 is 1.82 bits per heavy atom. The summed E-state index contributed by atoms with van der Waals surface area (Å²) in [6.45, 7) is 12.8. The average Bonchev–Trinajstić information content (AvgIpc) is 3.11. The Kier molecular flexibility index (Phi) is 7.68. The number of nitrogen functional groups attached to an aromatic ring is 1. The highest BCUT2D eigenvalue weighted by Crippen LogP contribution is 2.25. The normalized spacial score (nSPS) is 12.4. The average molecular weight is 468 g/mol. The lowest BCUT2D eigenvalue weighted by Crippen LogP contribution is -2.28. The molecule has 0 fully saturated rings. The molecule has 1 aromatic heterocycles. The smallest absolute Gasteiger partial charge is 0.230 e. The van der Waals surface area contributed by atoms with E-state index < -0.39 is 0 Å². The lowest BCUT2D eigenvalue weighted by atomic mass is 9.87. The standard InChI is InChI=1S/C25H33N5O2S/c1-16-7-8-19(13-17(16)2)18(3)27-23(31)15-33-24-29-28-22(30(24)26)14-32-21-11-9-20(10-12-21)25(4,5)6/h7-13,18H,14-15,26H2,1-6H3,(H,27,31). The van der Waals surface area contributed by atoms with Gasteiger partial charge in [0.05, 0.1) is 11.8 Å². The molecule has 0 saturated heterocycles. The van der Waals surface area contributed by atoms with Gasteiger partial charge in [0.25, 0.3) is 0 Å². The summed E-state index contributed by atoms with van der Waals surface area (Å²) in [7, 11) is 0. The number of carbonyl (C=O) groups excluding carboxylic acids is 1. The Morgan fingerprint density at radius 3 is 2.45 bits per heavy atom. The second-order valence-electron chi connectivity index (χ2n) is 9.25. The molecule has 2 aromatic carbocycles. The molecule has 0 aliphatic rings. The van der Waals surface area contributed by atoms with Crippen LogP contribution in [0, 0.1) is 13.8 Å². The number of ether oxygens (including phenoxy) is 1. The van der Waals surface area contributed by atoms with Crippen molar-refractivity contribution in [1.82, 2.24) is 20.2 Å². The Morgan fingerprint density at radius 1 is 1.12 bits per heavy atom. The number of thioether (sulfide) groups is 1. The van der Waals surface area contributed by atoms with Gasteiger partial charge in [0.1, 0.15) is 12.4 Å². The van der Waals surface area contributed by atoms with Crippen molar-refractivity contribution in [1.29, 1.82) is 0 Å². The molecule has 33 heavy (non-hydrogen) atoms. The highest BCUT2D eigenvalue weighted by Gasteiger charge is 2.16. The maximum atomic E-state index is 12.4. The zero-order valence-electron chi connectivity index (χ0n) is 20.2. The minimum Gasteiger partial charge on any atom is -0.486 e. The topological polar surface area (TPSA) is 95.1 Å². The molecule has 3 rings (SSSR count). The molecular formula is C25H33N5O2S. The number of hydrogen-bond acceptors (Lipinski definition) is 6. The molecule has 3 aromatic rings. The molecule has 176 valence electrons. The first-order chi connectivity index (χ1) is 15.5. The maximum Gasteiger partial charge on any atom is 0.230 e. The highest BCUT2D eigenvalue weighted by molar-refractivity contribution is 7.99. The number of hydrogen-bond donors (Lipinski definition) is 2. The van der Waals surface area contributed by atoms with Crippen molar-refractivity contribution in [2.75, 3.05) is 11.6 Å². The third-order valence-electron chi connectivity index (χ3n) is 5.56. The number of aryl methyl sites for hydroxylation is 2. The Labute approximate surface area is 200 Å². The van der Waals surface area contributed by atoms with E-state index >= 15 is 0 Å². The van der Waals surface area contributed by atoms with Gasteiger partial charge < -0.3 is 15.9 Å². The van der Waals surface area contributed by atoms with E-state index in [0.717, 1.165) is 11.3 Å². The van der Waals surface area contributed by atoms with Gasteiger partial charge in [-0.15, -0.1) is 10.2 Å². The third-order valence-corrected chi connectivity index (χ3v) is 6.51. The fraction of sp³-hybridized carbons (Fsp3) is 0.400. The van der Waals surface area contributed by atoms with Crippen LogP contribution in [0.1, 0.15) is 61.8 Å². The Bertz CT molecular complexity index is 1100. The number of nitrogens with one attached hydrogen (secondary N) is 1. The van der Waals surface area contributed by atoms with Gasteiger partial charge in [-0.1, -0.05) is 62.9 Å². The number of amides is 1. The van der Waals surface area contributed by atoms with E-state index in [1.807, 2.05) is 25.1 Å². The van der Waals surface area contributed by atoms with E-state index in [1.54, 1.807) is 0 Å². The van der Waals surface area contributed by atoms with Crippen molar-refractivity contribution in [2.45, 2.75) is 64.8 Å². The molecule has 8 heteroatoms. The first kappa shape index (κ1) is 24.6. The molecule has 0 spiro atoms. The van der Waals surface area contributed by atoms with Crippen LogP contribution in [-0.4, -0.2) is 26.5 Å².